The SMILES string of the molecule is O=C(c1cccs1)N1CCc2c([nH]c3ccccc23)C1C1=CCCC=C1. The molecule has 0 saturated heterocycles. The second kappa shape index (κ2) is 6.29. The summed E-state index contributed by atoms with van der Waals surface area (Å²) in [5, 5.41) is 3.26. The average Bonchev–Trinajstić information content (AvgIpc) is 3.35. The number of hydrogen-bond donors (Lipinski definition) is 1. The molecule has 130 valence electrons. The van der Waals surface area contributed by atoms with Gasteiger partial charge in [-0.25, -0.2) is 0 Å². The molecular weight excluding hydrogens is 340 g/mol. The van der Waals surface area contributed by atoms with Crippen LogP contribution in [0.25, 0.3) is 10.9 Å². The molecular formula is C22H20N2OS. The number of amides is 1. The van der Waals surface area contributed by atoms with Gasteiger partial charge in [-0.3, -0.25) is 4.79 Å². The van der Waals surface area contributed by atoms with Crippen molar-refractivity contribution in [3.63, 3.8) is 0 Å². The molecule has 4 heteroatoms. The first-order valence-corrected chi connectivity index (χ1v) is 10.0. The number of nitrogens with zero attached hydrogens (tertiary/aromatic N) is 1. The van der Waals surface area contributed by atoms with Crippen LogP contribution in [0.15, 0.2) is 65.6 Å². The Morgan fingerprint density at radius 1 is 1.15 bits per heavy atom. The standard InChI is InChI=1S/C22H20N2OS/c25-22(19-11-6-14-26-19)24-13-12-17-16-9-4-5-10-18(16)23-20(17)21(24)15-7-2-1-3-8-15/h2,4-11,14,21,23H,1,3,12-13H2. The molecule has 1 unspecified atom stereocenters. The number of para-hydroxylation sites is 1. The summed E-state index contributed by atoms with van der Waals surface area (Å²) in [7, 11) is 0. The molecule has 3 heterocycles. The number of allylic oxidation sites excluding steroid dienone is 2. The molecule has 0 spiro atoms. The van der Waals surface area contributed by atoms with Gasteiger partial charge in [-0.05, 0) is 47.9 Å². The van der Waals surface area contributed by atoms with Crippen LogP contribution in [-0.4, -0.2) is 22.3 Å². The third-order valence-corrected chi connectivity index (χ3v) is 6.22. The van der Waals surface area contributed by atoms with Gasteiger partial charge >= 0.3 is 0 Å². The van der Waals surface area contributed by atoms with Gasteiger partial charge < -0.3 is 9.88 Å². The molecule has 1 atom stereocenters. The fraction of sp³-hybridized carbons (Fsp3) is 0.227. The van der Waals surface area contributed by atoms with E-state index in [2.05, 4.69) is 47.5 Å². The second-order valence-electron chi connectivity index (χ2n) is 6.88. The van der Waals surface area contributed by atoms with Crippen LogP contribution in [0.3, 0.4) is 0 Å². The van der Waals surface area contributed by atoms with Gasteiger partial charge in [0.15, 0.2) is 0 Å². The van der Waals surface area contributed by atoms with Crippen molar-refractivity contribution in [1.82, 2.24) is 9.88 Å². The summed E-state index contributed by atoms with van der Waals surface area (Å²) < 4.78 is 0. The van der Waals surface area contributed by atoms with Crippen molar-refractivity contribution in [1.29, 1.82) is 0 Å². The molecule has 0 saturated carbocycles. The van der Waals surface area contributed by atoms with Crippen molar-refractivity contribution in [2.75, 3.05) is 6.54 Å². The average molecular weight is 360 g/mol. The van der Waals surface area contributed by atoms with Crippen molar-refractivity contribution >= 4 is 28.1 Å². The predicted molar refractivity (Wildman–Crippen MR) is 107 cm³/mol. The number of hydrogen-bond acceptors (Lipinski definition) is 2. The maximum atomic E-state index is 13.2. The Morgan fingerprint density at radius 3 is 2.88 bits per heavy atom. The van der Waals surface area contributed by atoms with E-state index in [-0.39, 0.29) is 11.9 Å². The number of benzene rings is 1. The molecule has 1 amide bonds. The topological polar surface area (TPSA) is 36.1 Å². The first kappa shape index (κ1) is 15.6. The number of fused-ring (bicyclic) bond motifs is 3. The van der Waals surface area contributed by atoms with E-state index in [9.17, 15) is 4.79 Å². The zero-order valence-corrected chi connectivity index (χ0v) is 15.3. The minimum atomic E-state index is -0.0303. The Bertz CT molecular complexity index is 1030. The molecule has 5 rings (SSSR count). The zero-order valence-electron chi connectivity index (χ0n) is 14.4. The molecule has 3 aromatic rings. The second-order valence-corrected chi connectivity index (χ2v) is 7.82. The van der Waals surface area contributed by atoms with E-state index in [1.165, 1.54) is 33.6 Å². The lowest BCUT2D eigenvalue weighted by atomic mass is 9.89. The number of nitrogens with one attached hydrogen (secondary N) is 1. The number of thiophene rings is 1. The first-order chi connectivity index (χ1) is 12.8. The quantitative estimate of drug-likeness (QED) is 0.666. The molecule has 26 heavy (non-hydrogen) atoms. The van der Waals surface area contributed by atoms with Gasteiger partial charge in [-0.15, -0.1) is 11.3 Å². The lowest BCUT2D eigenvalue weighted by Crippen LogP contribution is -2.40. The number of aromatic nitrogens is 1. The van der Waals surface area contributed by atoms with Crippen LogP contribution < -0.4 is 0 Å². The summed E-state index contributed by atoms with van der Waals surface area (Å²) in [4.78, 5) is 19.7. The Kier molecular flexibility index (Phi) is 3.79. The summed E-state index contributed by atoms with van der Waals surface area (Å²) in [5.41, 5.74) is 4.93. The van der Waals surface area contributed by atoms with Gasteiger partial charge in [0.1, 0.15) is 0 Å². The van der Waals surface area contributed by atoms with Gasteiger partial charge in [0.25, 0.3) is 5.91 Å². The van der Waals surface area contributed by atoms with Gasteiger partial charge in [0, 0.05) is 23.1 Å². The number of carbonyl (C=O) groups excluding carboxylic acids is 1. The van der Waals surface area contributed by atoms with Crippen LogP contribution in [-0.2, 0) is 6.42 Å². The number of aromatic amines is 1. The summed E-state index contributed by atoms with van der Waals surface area (Å²) in [6.45, 7) is 0.751. The first-order valence-electron chi connectivity index (χ1n) is 9.13. The largest absolute Gasteiger partial charge is 0.356 e. The summed E-state index contributed by atoms with van der Waals surface area (Å²) in [6, 6.07) is 12.3. The summed E-state index contributed by atoms with van der Waals surface area (Å²) in [5.74, 6) is 0.133. The molecule has 1 N–H and O–H groups in total. The maximum absolute atomic E-state index is 13.2. The highest BCUT2D eigenvalue weighted by molar-refractivity contribution is 7.12. The Morgan fingerprint density at radius 2 is 2.08 bits per heavy atom. The lowest BCUT2D eigenvalue weighted by Gasteiger charge is -2.37. The molecule has 0 bridgehead atoms. The van der Waals surface area contributed by atoms with Crippen LogP contribution in [0.2, 0.25) is 0 Å². The Balaban J connectivity index is 1.66. The van der Waals surface area contributed by atoms with Crippen LogP contribution in [0.1, 0.15) is 39.8 Å². The molecule has 3 nitrogen and oxygen atoms in total. The highest BCUT2D eigenvalue weighted by Gasteiger charge is 2.35. The molecule has 1 aromatic carbocycles. The van der Waals surface area contributed by atoms with Crippen molar-refractivity contribution in [2.45, 2.75) is 25.3 Å². The monoisotopic (exact) mass is 360 g/mol. The summed E-state index contributed by atoms with van der Waals surface area (Å²) >= 11 is 1.52. The van der Waals surface area contributed by atoms with E-state index in [4.69, 9.17) is 0 Å². The zero-order chi connectivity index (χ0) is 17.5. The molecule has 0 fully saturated rings. The lowest BCUT2D eigenvalue weighted by molar-refractivity contribution is 0.0696. The van der Waals surface area contributed by atoms with E-state index < -0.39 is 0 Å². The molecule has 1 aliphatic carbocycles. The third kappa shape index (κ3) is 2.44. The highest BCUT2D eigenvalue weighted by atomic mass is 32.1. The van der Waals surface area contributed by atoms with E-state index >= 15 is 0 Å². The van der Waals surface area contributed by atoms with E-state index in [0.717, 1.165) is 36.2 Å². The van der Waals surface area contributed by atoms with Crippen molar-refractivity contribution in [3.8, 4) is 0 Å². The minimum Gasteiger partial charge on any atom is -0.356 e. The Hall–Kier alpha value is -2.59. The summed E-state index contributed by atoms with van der Waals surface area (Å²) in [6.07, 6.45) is 9.72. The molecule has 2 aromatic heterocycles. The molecule has 0 radical (unpaired) electrons. The van der Waals surface area contributed by atoms with Crippen molar-refractivity contribution in [2.24, 2.45) is 0 Å². The predicted octanol–water partition coefficient (Wildman–Crippen LogP) is 5.25. The third-order valence-electron chi connectivity index (χ3n) is 5.37. The number of carbonyl (C=O) groups is 1. The number of H-pyrrole nitrogens is 1. The van der Waals surface area contributed by atoms with Crippen molar-refractivity contribution in [3.05, 3.63) is 81.7 Å². The maximum Gasteiger partial charge on any atom is 0.264 e. The minimum absolute atomic E-state index is 0.0303. The van der Waals surface area contributed by atoms with Crippen LogP contribution >= 0.6 is 11.3 Å². The molecule has 2 aliphatic rings. The normalized spacial score (nSPS) is 19.5. The van der Waals surface area contributed by atoms with E-state index in [0.29, 0.717) is 0 Å². The Labute approximate surface area is 156 Å². The van der Waals surface area contributed by atoms with Gasteiger partial charge in [0.2, 0.25) is 0 Å². The van der Waals surface area contributed by atoms with E-state index in [1.54, 1.807) is 0 Å². The van der Waals surface area contributed by atoms with Crippen LogP contribution in [0, 0.1) is 0 Å². The van der Waals surface area contributed by atoms with Gasteiger partial charge in [-0.2, -0.15) is 0 Å². The highest BCUT2D eigenvalue weighted by Crippen LogP contribution is 2.40. The fourth-order valence-corrected chi connectivity index (χ4v) is 4.86. The molecule has 1 aliphatic heterocycles. The fourth-order valence-electron chi connectivity index (χ4n) is 4.18. The number of rotatable bonds is 2. The van der Waals surface area contributed by atoms with E-state index in [1.807, 2.05) is 22.4 Å². The van der Waals surface area contributed by atoms with Gasteiger partial charge in [-0.1, -0.05) is 42.5 Å². The van der Waals surface area contributed by atoms with Gasteiger partial charge in [0.05, 0.1) is 10.9 Å². The van der Waals surface area contributed by atoms with Crippen LogP contribution in [0.4, 0.5) is 0 Å². The van der Waals surface area contributed by atoms with Crippen LogP contribution in [0.5, 0.6) is 0 Å². The van der Waals surface area contributed by atoms with Crippen molar-refractivity contribution < 1.29 is 4.79 Å². The smallest absolute Gasteiger partial charge is 0.264 e.